The van der Waals surface area contributed by atoms with Gasteiger partial charge in [0.2, 0.25) is 0 Å². The molecule has 274 valence electrons. The molecule has 0 heterocycles. The predicted molar refractivity (Wildman–Crippen MR) is 196 cm³/mol. The van der Waals surface area contributed by atoms with Gasteiger partial charge in [0.05, 0.1) is 27.7 Å². The maximum Gasteiger partial charge on any atom is 0.472 e. The van der Waals surface area contributed by atoms with E-state index >= 15 is 0 Å². The van der Waals surface area contributed by atoms with E-state index in [4.69, 9.17) is 9.05 Å². The van der Waals surface area contributed by atoms with Gasteiger partial charge in [-0.2, -0.15) is 0 Å². The molecule has 2 N–H and O–H groups in total. The number of carbonyl (C=O) groups is 1. The molecule has 0 bridgehead atoms. The molecule has 0 aliphatic heterocycles. The summed E-state index contributed by atoms with van der Waals surface area (Å²) in [5.74, 6) is 0. The van der Waals surface area contributed by atoms with E-state index in [0.717, 1.165) is 25.7 Å². The third-order valence-electron chi connectivity index (χ3n) is 8.42. The van der Waals surface area contributed by atoms with Crippen molar-refractivity contribution < 1.29 is 27.8 Å². The van der Waals surface area contributed by atoms with Gasteiger partial charge < -0.3 is 19.6 Å². The average molecular weight is 675 g/mol. The summed E-state index contributed by atoms with van der Waals surface area (Å²) < 4.78 is 23.3. The van der Waals surface area contributed by atoms with E-state index in [1.54, 1.807) is 4.90 Å². The Labute approximate surface area is 285 Å². The van der Waals surface area contributed by atoms with E-state index in [2.05, 4.69) is 31.3 Å². The first kappa shape index (κ1) is 45.1. The number of amides is 2. The third-order valence-corrected chi connectivity index (χ3v) is 9.43. The monoisotopic (exact) mass is 675 g/mol. The fourth-order valence-corrected chi connectivity index (χ4v) is 6.04. The van der Waals surface area contributed by atoms with Crippen molar-refractivity contribution in [3.63, 3.8) is 0 Å². The number of hydrogen-bond donors (Lipinski definition) is 2. The minimum atomic E-state index is -4.15. The van der Waals surface area contributed by atoms with Crippen molar-refractivity contribution in [2.24, 2.45) is 0 Å². The molecule has 0 radical (unpaired) electrons. The number of phosphoric ester groups is 1. The van der Waals surface area contributed by atoms with Gasteiger partial charge in [-0.05, 0) is 38.5 Å². The molecule has 9 heteroatoms. The lowest BCUT2D eigenvalue weighted by Crippen LogP contribution is -2.42. The van der Waals surface area contributed by atoms with Crippen LogP contribution in [0, 0.1) is 0 Å². The Morgan fingerprint density at radius 1 is 0.652 bits per heavy atom. The fraction of sp³-hybridized carbons (Fsp3) is 0.919. The standard InChI is InChI=1S/C37H76N3O5P/c1-6-8-10-12-14-16-17-18-19-20-21-22-23-25-27-29-31-38-37(41)39(32-30-28-26-24-15-13-11-9-7-2)33-35-44-46(42,43)45-36-34-40(3,4)5/h18-19H,6-17,20-36H2,1-5H3,(H-,38,41,42,43)/p+1. The molecule has 0 aliphatic rings. The predicted octanol–water partition coefficient (Wildman–Crippen LogP) is 10.4. The van der Waals surface area contributed by atoms with Crippen LogP contribution < -0.4 is 5.32 Å². The molecule has 0 aliphatic carbocycles. The van der Waals surface area contributed by atoms with Crippen LogP contribution in [-0.4, -0.2) is 80.8 Å². The summed E-state index contributed by atoms with van der Waals surface area (Å²) in [5.41, 5.74) is 0. The lowest BCUT2D eigenvalue weighted by atomic mass is 10.1. The Morgan fingerprint density at radius 3 is 1.59 bits per heavy atom. The van der Waals surface area contributed by atoms with Crippen molar-refractivity contribution in [1.82, 2.24) is 10.2 Å². The molecule has 0 fully saturated rings. The second kappa shape index (κ2) is 31.4. The Bertz CT molecular complexity index is 760. The topological polar surface area (TPSA) is 88.1 Å². The molecule has 2 amide bonds. The average Bonchev–Trinajstić information content (AvgIpc) is 3.00. The Hall–Kier alpha value is -0.920. The van der Waals surface area contributed by atoms with Crippen molar-refractivity contribution >= 4 is 13.9 Å². The fourth-order valence-electron chi connectivity index (χ4n) is 5.34. The van der Waals surface area contributed by atoms with Crippen LogP contribution in [0.4, 0.5) is 4.79 Å². The Morgan fingerprint density at radius 2 is 1.09 bits per heavy atom. The van der Waals surface area contributed by atoms with E-state index in [1.165, 1.54) is 122 Å². The largest absolute Gasteiger partial charge is 0.472 e. The summed E-state index contributed by atoms with van der Waals surface area (Å²) in [6.07, 6.45) is 33.4. The molecule has 0 aromatic carbocycles. The summed E-state index contributed by atoms with van der Waals surface area (Å²) in [7, 11) is 1.83. The minimum Gasteiger partial charge on any atom is -0.338 e. The zero-order valence-electron chi connectivity index (χ0n) is 31.1. The third kappa shape index (κ3) is 33.0. The van der Waals surface area contributed by atoms with E-state index in [9.17, 15) is 14.3 Å². The molecule has 8 nitrogen and oxygen atoms in total. The van der Waals surface area contributed by atoms with Gasteiger partial charge in [-0.3, -0.25) is 9.05 Å². The molecule has 0 aromatic rings. The summed E-state index contributed by atoms with van der Waals surface area (Å²) in [4.78, 5) is 24.8. The van der Waals surface area contributed by atoms with E-state index in [-0.39, 0.29) is 25.8 Å². The molecular formula is C37H77N3O5P+. The number of allylic oxidation sites excluding steroid dienone is 2. The van der Waals surface area contributed by atoms with Crippen molar-refractivity contribution in [2.45, 2.75) is 162 Å². The van der Waals surface area contributed by atoms with Crippen LogP contribution in [0.3, 0.4) is 0 Å². The molecular weight excluding hydrogens is 597 g/mol. The first-order valence-electron chi connectivity index (χ1n) is 19.2. The number of nitrogens with one attached hydrogen (secondary N) is 1. The second-order valence-electron chi connectivity index (χ2n) is 14.1. The highest BCUT2D eigenvalue weighted by atomic mass is 31.2. The number of unbranched alkanes of at least 4 members (excludes halogenated alkanes) is 20. The molecule has 0 rings (SSSR count). The number of carbonyl (C=O) groups excluding carboxylic acids is 1. The number of nitrogens with zero attached hydrogens (tertiary/aromatic N) is 2. The maximum atomic E-state index is 13.0. The van der Waals surface area contributed by atoms with Crippen LogP contribution >= 0.6 is 7.82 Å². The van der Waals surface area contributed by atoms with Gasteiger partial charge in [-0.25, -0.2) is 9.36 Å². The number of rotatable bonds is 34. The summed E-state index contributed by atoms with van der Waals surface area (Å²) in [6, 6.07) is -0.116. The number of urea groups is 1. The van der Waals surface area contributed by atoms with Gasteiger partial charge in [0, 0.05) is 19.6 Å². The van der Waals surface area contributed by atoms with Crippen LogP contribution in [0.1, 0.15) is 162 Å². The Kier molecular flexibility index (Phi) is 30.7. The van der Waals surface area contributed by atoms with E-state index in [1.807, 2.05) is 21.1 Å². The smallest absolute Gasteiger partial charge is 0.338 e. The van der Waals surface area contributed by atoms with Crippen LogP contribution in [0.5, 0.6) is 0 Å². The zero-order valence-corrected chi connectivity index (χ0v) is 32.0. The van der Waals surface area contributed by atoms with Crippen LogP contribution in [-0.2, 0) is 13.6 Å². The van der Waals surface area contributed by atoms with Gasteiger partial charge in [0.15, 0.2) is 0 Å². The molecule has 1 atom stereocenters. The molecule has 0 aromatic heterocycles. The lowest BCUT2D eigenvalue weighted by molar-refractivity contribution is -0.870. The van der Waals surface area contributed by atoms with Crippen molar-refractivity contribution in [2.75, 3.05) is 60.5 Å². The van der Waals surface area contributed by atoms with Crippen LogP contribution in [0.15, 0.2) is 12.2 Å². The number of quaternary nitrogens is 1. The molecule has 46 heavy (non-hydrogen) atoms. The van der Waals surface area contributed by atoms with Crippen molar-refractivity contribution in [1.29, 1.82) is 0 Å². The minimum absolute atomic E-state index is 0.0305. The number of likely N-dealkylation sites (N-methyl/N-ethyl adjacent to an activating group) is 1. The number of phosphoric acid groups is 1. The first-order chi connectivity index (χ1) is 22.1. The highest BCUT2D eigenvalue weighted by Gasteiger charge is 2.23. The zero-order chi connectivity index (χ0) is 34.2. The molecule has 0 saturated heterocycles. The van der Waals surface area contributed by atoms with E-state index in [0.29, 0.717) is 24.1 Å². The van der Waals surface area contributed by atoms with E-state index < -0.39 is 7.82 Å². The van der Waals surface area contributed by atoms with Crippen LogP contribution in [0.2, 0.25) is 0 Å². The van der Waals surface area contributed by atoms with Crippen molar-refractivity contribution in [3.05, 3.63) is 12.2 Å². The quantitative estimate of drug-likeness (QED) is 0.0307. The highest BCUT2D eigenvalue weighted by molar-refractivity contribution is 7.47. The summed E-state index contributed by atoms with van der Waals surface area (Å²) >= 11 is 0. The van der Waals surface area contributed by atoms with Crippen LogP contribution in [0.25, 0.3) is 0 Å². The number of hydrogen-bond acceptors (Lipinski definition) is 4. The summed E-state index contributed by atoms with van der Waals surface area (Å²) in [6.45, 7) is 6.75. The highest BCUT2D eigenvalue weighted by Crippen LogP contribution is 2.42. The van der Waals surface area contributed by atoms with Gasteiger partial charge in [-0.15, -0.1) is 0 Å². The van der Waals surface area contributed by atoms with Gasteiger partial charge in [-0.1, -0.05) is 135 Å². The van der Waals surface area contributed by atoms with Crippen molar-refractivity contribution in [3.8, 4) is 0 Å². The molecule has 0 saturated carbocycles. The molecule has 0 spiro atoms. The maximum absolute atomic E-state index is 13.0. The first-order valence-corrected chi connectivity index (χ1v) is 20.7. The Balaban J connectivity index is 4.23. The summed E-state index contributed by atoms with van der Waals surface area (Å²) in [5, 5.41) is 3.07. The lowest BCUT2D eigenvalue weighted by Gasteiger charge is -2.25. The molecule has 1 unspecified atom stereocenters. The van der Waals surface area contributed by atoms with Gasteiger partial charge in [0.1, 0.15) is 13.2 Å². The SMILES string of the molecule is CCCCCCCCC=CCCCCCCCCNC(=O)N(CCCCCCCCCCC)CCOP(=O)(O)OCC[N+](C)(C)C. The second-order valence-corrected chi connectivity index (χ2v) is 15.6. The van der Waals surface area contributed by atoms with Gasteiger partial charge >= 0.3 is 13.9 Å². The van der Waals surface area contributed by atoms with Gasteiger partial charge in [0.25, 0.3) is 0 Å². The normalized spacial score (nSPS) is 13.3.